The molecule has 0 heterocycles. The second kappa shape index (κ2) is 42.6. The summed E-state index contributed by atoms with van der Waals surface area (Å²) >= 11 is 0. The minimum Gasteiger partial charge on any atom is -0.480 e. The average Bonchev–Trinajstić information content (AvgIpc) is 3.21. The number of amides is 1. The molecule has 0 spiro atoms. The van der Waals surface area contributed by atoms with Gasteiger partial charge in [0.1, 0.15) is 12.7 Å². The van der Waals surface area contributed by atoms with Crippen LogP contribution in [0, 0.1) is 0 Å². The molecular formula is C47H88NO10P. The Bertz CT molecular complexity index is 1100. The Kier molecular flexibility index (Phi) is 41.2. The molecule has 0 aliphatic heterocycles. The van der Waals surface area contributed by atoms with Gasteiger partial charge in [-0.15, -0.1) is 0 Å². The number of carboxylic acid groups (broad SMARTS) is 1. The number of allylic oxidation sites excluding steroid dienone is 4. The van der Waals surface area contributed by atoms with Crippen LogP contribution in [-0.2, 0) is 32.7 Å². The van der Waals surface area contributed by atoms with E-state index in [1.807, 2.05) is 0 Å². The summed E-state index contributed by atoms with van der Waals surface area (Å²) in [5.41, 5.74) is 0. The molecule has 12 heteroatoms. The van der Waals surface area contributed by atoms with Crippen LogP contribution in [0.2, 0.25) is 0 Å². The highest BCUT2D eigenvalue weighted by atomic mass is 31.2. The molecule has 0 fully saturated rings. The average molecular weight is 858 g/mol. The quantitative estimate of drug-likeness (QED) is 0.0200. The maximum absolute atomic E-state index is 12.3. The monoisotopic (exact) mass is 858 g/mol. The number of hydrogen-bond acceptors (Lipinski definition) is 8. The normalized spacial score (nSPS) is 13.8. The fourth-order valence-corrected chi connectivity index (χ4v) is 7.49. The first-order valence-electron chi connectivity index (χ1n) is 23.9. The summed E-state index contributed by atoms with van der Waals surface area (Å²) in [7, 11) is -4.76. The van der Waals surface area contributed by atoms with Crippen molar-refractivity contribution in [1.82, 2.24) is 5.32 Å². The van der Waals surface area contributed by atoms with Gasteiger partial charge in [0.2, 0.25) is 5.91 Å². The van der Waals surface area contributed by atoms with Crippen molar-refractivity contribution in [3.63, 3.8) is 0 Å². The van der Waals surface area contributed by atoms with Crippen LogP contribution in [0.25, 0.3) is 0 Å². The molecule has 0 aliphatic rings. The molecule has 0 saturated heterocycles. The number of ether oxygens (including phenoxy) is 1. The van der Waals surface area contributed by atoms with Crippen LogP contribution in [0.3, 0.4) is 0 Å². The first-order valence-corrected chi connectivity index (χ1v) is 25.4. The van der Waals surface area contributed by atoms with Crippen LogP contribution >= 0.6 is 7.82 Å². The summed E-state index contributed by atoms with van der Waals surface area (Å²) in [6.07, 6.45) is 44.8. The van der Waals surface area contributed by atoms with E-state index >= 15 is 0 Å². The number of phosphoric ester groups is 1. The Hall–Kier alpha value is -2.04. The summed E-state index contributed by atoms with van der Waals surface area (Å²) in [4.78, 5) is 46.0. The van der Waals surface area contributed by atoms with Gasteiger partial charge < -0.3 is 25.2 Å². The van der Waals surface area contributed by atoms with E-state index in [0.717, 1.165) is 57.8 Å². The van der Waals surface area contributed by atoms with Crippen molar-refractivity contribution in [2.45, 2.75) is 238 Å². The van der Waals surface area contributed by atoms with Crippen LogP contribution in [0.15, 0.2) is 24.3 Å². The van der Waals surface area contributed by atoms with E-state index in [1.165, 1.54) is 128 Å². The van der Waals surface area contributed by atoms with Crippen molar-refractivity contribution >= 4 is 25.7 Å². The van der Waals surface area contributed by atoms with E-state index in [4.69, 9.17) is 13.8 Å². The topological polar surface area (TPSA) is 169 Å². The van der Waals surface area contributed by atoms with E-state index in [-0.39, 0.29) is 12.8 Å². The number of rotatable bonds is 45. The van der Waals surface area contributed by atoms with Gasteiger partial charge in [-0.3, -0.25) is 18.6 Å². The predicted molar refractivity (Wildman–Crippen MR) is 240 cm³/mol. The van der Waals surface area contributed by atoms with E-state index in [2.05, 4.69) is 43.5 Å². The maximum Gasteiger partial charge on any atom is 0.472 e. The van der Waals surface area contributed by atoms with Crippen molar-refractivity contribution in [2.24, 2.45) is 0 Å². The zero-order valence-corrected chi connectivity index (χ0v) is 38.5. The van der Waals surface area contributed by atoms with Gasteiger partial charge in [0, 0.05) is 12.8 Å². The second-order valence-corrected chi connectivity index (χ2v) is 17.7. The van der Waals surface area contributed by atoms with Crippen molar-refractivity contribution < 1.29 is 47.8 Å². The molecule has 0 rings (SSSR count). The van der Waals surface area contributed by atoms with Gasteiger partial charge in [-0.05, 0) is 64.2 Å². The highest BCUT2D eigenvalue weighted by Crippen LogP contribution is 2.43. The van der Waals surface area contributed by atoms with Crippen LogP contribution in [0.5, 0.6) is 0 Å². The first-order chi connectivity index (χ1) is 28.6. The molecule has 59 heavy (non-hydrogen) atoms. The summed E-state index contributed by atoms with van der Waals surface area (Å²) in [6.45, 7) is 2.60. The lowest BCUT2D eigenvalue weighted by atomic mass is 10.1. The first kappa shape index (κ1) is 57.0. The Labute approximate surface area is 359 Å². The zero-order valence-electron chi connectivity index (χ0n) is 37.6. The molecule has 3 atom stereocenters. The van der Waals surface area contributed by atoms with E-state index in [9.17, 15) is 34.1 Å². The van der Waals surface area contributed by atoms with Gasteiger partial charge in [0.25, 0.3) is 0 Å². The third-order valence-corrected chi connectivity index (χ3v) is 11.4. The minimum absolute atomic E-state index is 0.144. The molecule has 1 amide bonds. The lowest BCUT2D eigenvalue weighted by Crippen LogP contribution is -2.43. The number of aliphatic hydroxyl groups excluding tert-OH is 1. The van der Waals surface area contributed by atoms with Gasteiger partial charge in [-0.25, -0.2) is 9.36 Å². The minimum atomic E-state index is -4.76. The van der Waals surface area contributed by atoms with Crippen molar-refractivity contribution in [1.29, 1.82) is 0 Å². The number of nitrogens with one attached hydrogen (secondary N) is 1. The third-order valence-electron chi connectivity index (χ3n) is 10.5. The summed E-state index contributed by atoms with van der Waals surface area (Å²) in [5, 5.41) is 21.9. The van der Waals surface area contributed by atoms with Gasteiger partial charge in [0.05, 0.1) is 13.2 Å². The summed E-state index contributed by atoms with van der Waals surface area (Å²) in [5.74, 6) is -2.37. The van der Waals surface area contributed by atoms with Crippen LogP contribution < -0.4 is 5.32 Å². The number of unbranched alkanes of at least 4 members (excludes halogenated alkanes) is 27. The smallest absolute Gasteiger partial charge is 0.472 e. The number of aliphatic hydroxyl groups is 1. The van der Waals surface area contributed by atoms with Crippen LogP contribution in [-0.4, -0.2) is 64.9 Å². The maximum atomic E-state index is 12.3. The van der Waals surface area contributed by atoms with Crippen molar-refractivity contribution in [3.05, 3.63) is 24.3 Å². The van der Waals surface area contributed by atoms with Gasteiger partial charge in [0.15, 0.2) is 6.04 Å². The van der Waals surface area contributed by atoms with Crippen molar-refractivity contribution in [2.75, 3.05) is 19.8 Å². The number of aliphatic carboxylic acids is 1. The number of carbonyl (C=O) groups is 3. The fraction of sp³-hybridized carbons (Fsp3) is 0.851. The molecule has 0 aromatic heterocycles. The molecule has 3 unspecified atom stereocenters. The molecule has 0 bridgehead atoms. The molecular weight excluding hydrogens is 769 g/mol. The van der Waals surface area contributed by atoms with Crippen LogP contribution in [0.4, 0.5) is 0 Å². The number of hydrogen-bond donors (Lipinski definition) is 4. The van der Waals surface area contributed by atoms with E-state index in [1.54, 1.807) is 0 Å². The lowest BCUT2D eigenvalue weighted by molar-refractivity contribution is -0.147. The number of carbonyl (C=O) groups excluding carboxylic acids is 2. The molecule has 0 radical (unpaired) electrons. The second-order valence-electron chi connectivity index (χ2n) is 16.3. The molecule has 4 N–H and O–H groups in total. The number of esters is 1. The van der Waals surface area contributed by atoms with E-state index < -0.39 is 57.6 Å². The Morgan fingerprint density at radius 3 is 1.29 bits per heavy atom. The number of phosphoric acid groups is 1. The fourth-order valence-electron chi connectivity index (χ4n) is 6.72. The highest BCUT2D eigenvalue weighted by Gasteiger charge is 2.28. The molecule has 0 saturated carbocycles. The molecule has 346 valence electrons. The largest absolute Gasteiger partial charge is 0.480 e. The third kappa shape index (κ3) is 42.4. The predicted octanol–water partition coefficient (Wildman–Crippen LogP) is 12.6. The summed E-state index contributed by atoms with van der Waals surface area (Å²) < 4.78 is 26.9. The Balaban J connectivity index is 3.87. The highest BCUT2D eigenvalue weighted by molar-refractivity contribution is 7.47. The lowest BCUT2D eigenvalue weighted by Gasteiger charge is -2.18. The molecule has 0 aromatic carbocycles. The van der Waals surface area contributed by atoms with Gasteiger partial charge >= 0.3 is 19.8 Å². The number of carboxylic acids is 1. The SMILES string of the molecule is CCCCCCCC/C=C/CCCCCCCCCCCC(=O)NC(COP(=O)(O)OCC(O)COC(=O)CCCCCCC/C=C\CCCCCCCCC)C(=O)O. The molecule has 0 aliphatic carbocycles. The van der Waals surface area contributed by atoms with Gasteiger partial charge in [-0.2, -0.15) is 0 Å². The Morgan fingerprint density at radius 1 is 0.525 bits per heavy atom. The standard InChI is InChI=1S/C47H88NO10P/c1-3-5-7-9-11-13-15-17-19-21-22-23-24-26-28-30-32-34-36-38-45(50)48-44(47(52)53)42-58-59(54,55)57-41-43(49)40-56-46(51)39-37-35-33-31-29-27-25-20-18-16-14-12-10-8-6-4-2/h17,19-20,25,43-44,49H,3-16,18,21-24,26-42H2,1-2H3,(H,48,50)(H,52,53)(H,54,55)/b19-17+,25-20-. The zero-order chi connectivity index (χ0) is 43.5. The van der Waals surface area contributed by atoms with Crippen molar-refractivity contribution in [3.8, 4) is 0 Å². The van der Waals surface area contributed by atoms with Gasteiger partial charge in [-0.1, -0.05) is 173 Å². The Morgan fingerprint density at radius 2 is 0.881 bits per heavy atom. The molecule has 11 nitrogen and oxygen atoms in total. The van der Waals surface area contributed by atoms with Crippen LogP contribution in [0.1, 0.15) is 226 Å². The molecule has 0 aromatic rings. The van der Waals surface area contributed by atoms with E-state index in [0.29, 0.717) is 12.8 Å². The summed E-state index contributed by atoms with van der Waals surface area (Å²) in [6, 6.07) is -1.55.